The Balaban J connectivity index is 1.50. The zero-order valence-electron chi connectivity index (χ0n) is 16.7. The second kappa shape index (κ2) is 9.34. The first-order valence-corrected chi connectivity index (χ1v) is 10.6. The number of pyridine rings is 1. The predicted octanol–water partition coefficient (Wildman–Crippen LogP) is 5.72. The van der Waals surface area contributed by atoms with E-state index in [4.69, 9.17) is 16.6 Å². The van der Waals surface area contributed by atoms with E-state index in [0.717, 1.165) is 36.6 Å². The molecule has 1 aromatic heterocycles. The van der Waals surface area contributed by atoms with Crippen molar-refractivity contribution >= 4 is 17.8 Å². The fourth-order valence-corrected chi connectivity index (χ4v) is 4.17. The van der Waals surface area contributed by atoms with Crippen molar-refractivity contribution < 1.29 is 0 Å². The van der Waals surface area contributed by atoms with E-state index in [-0.39, 0.29) is 6.04 Å². The quantitative estimate of drug-likeness (QED) is 0.510. The normalized spacial score (nSPS) is 16.9. The standard InChI is InChI=1S/C25H26ClN3/c1-19-8-10-20(11-9-19)25(21-5-4-6-22(26)17-21)29-15-12-23(13-16-29)28-18-24-7-2-3-14-27-24/h2-11,14,17-18,23,25H,12-13,15-16H2,1H3. The summed E-state index contributed by atoms with van der Waals surface area (Å²) in [6.45, 7) is 4.15. The Bertz CT molecular complexity index is 945. The van der Waals surface area contributed by atoms with Crippen LogP contribution in [0.4, 0.5) is 0 Å². The molecule has 0 aliphatic carbocycles. The third-order valence-electron chi connectivity index (χ3n) is 5.53. The molecule has 29 heavy (non-hydrogen) atoms. The van der Waals surface area contributed by atoms with Crippen LogP contribution >= 0.6 is 11.6 Å². The molecule has 3 aromatic rings. The molecule has 0 N–H and O–H groups in total. The maximum Gasteiger partial charge on any atom is 0.0807 e. The molecule has 148 valence electrons. The zero-order valence-corrected chi connectivity index (χ0v) is 17.5. The molecule has 2 aromatic carbocycles. The maximum atomic E-state index is 6.32. The van der Waals surface area contributed by atoms with E-state index in [2.05, 4.69) is 53.2 Å². The molecule has 1 aliphatic rings. The molecule has 0 radical (unpaired) electrons. The number of hydrogen-bond donors (Lipinski definition) is 0. The van der Waals surface area contributed by atoms with Gasteiger partial charge in [-0.05, 0) is 55.2 Å². The summed E-state index contributed by atoms with van der Waals surface area (Å²) in [6.07, 6.45) is 5.81. The van der Waals surface area contributed by atoms with Gasteiger partial charge >= 0.3 is 0 Å². The molecular weight excluding hydrogens is 378 g/mol. The molecule has 3 nitrogen and oxygen atoms in total. The molecule has 1 fully saturated rings. The minimum absolute atomic E-state index is 0.218. The highest BCUT2D eigenvalue weighted by Crippen LogP contribution is 2.33. The SMILES string of the molecule is Cc1ccc(C(c2cccc(Cl)c2)N2CCC(N=Cc3ccccn3)CC2)cc1. The van der Waals surface area contributed by atoms with Crippen molar-refractivity contribution in [1.82, 2.24) is 9.88 Å². The van der Waals surface area contributed by atoms with Crippen molar-refractivity contribution in [2.45, 2.75) is 31.8 Å². The van der Waals surface area contributed by atoms with Gasteiger partial charge in [0.05, 0.1) is 17.8 Å². The summed E-state index contributed by atoms with van der Waals surface area (Å²) >= 11 is 6.32. The van der Waals surface area contributed by atoms with Gasteiger partial charge in [0.15, 0.2) is 0 Å². The average Bonchev–Trinajstić information content (AvgIpc) is 2.76. The number of aryl methyl sites for hydroxylation is 1. The van der Waals surface area contributed by atoms with Crippen LogP contribution in [0.3, 0.4) is 0 Å². The predicted molar refractivity (Wildman–Crippen MR) is 121 cm³/mol. The van der Waals surface area contributed by atoms with E-state index in [1.54, 1.807) is 6.20 Å². The van der Waals surface area contributed by atoms with Gasteiger partial charge < -0.3 is 0 Å². The minimum atomic E-state index is 0.218. The van der Waals surface area contributed by atoms with Gasteiger partial charge in [0.2, 0.25) is 0 Å². The Morgan fingerprint density at radius 2 is 1.79 bits per heavy atom. The number of aromatic nitrogens is 1. The first-order valence-electron chi connectivity index (χ1n) is 10.2. The van der Waals surface area contributed by atoms with Crippen LogP contribution in [-0.2, 0) is 0 Å². The van der Waals surface area contributed by atoms with Gasteiger partial charge in [0, 0.05) is 30.5 Å². The van der Waals surface area contributed by atoms with Gasteiger partial charge in [0.1, 0.15) is 0 Å². The Kier molecular flexibility index (Phi) is 6.38. The second-order valence-electron chi connectivity index (χ2n) is 7.67. The lowest BCUT2D eigenvalue weighted by Gasteiger charge is -2.37. The van der Waals surface area contributed by atoms with Gasteiger partial charge in [-0.3, -0.25) is 14.9 Å². The Hall–Kier alpha value is -2.49. The smallest absolute Gasteiger partial charge is 0.0807 e. The van der Waals surface area contributed by atoms with Crippen molar-refractivity contribution in [3.63, 3.8) is 0 Å². The van der Waals surface area contributed by atoms with Crippen LogP contribution in [0.2, 0.25) is 5.02 Å². The third kappa shape index (κ3) is 5.11. The average molecular weight is 404 g/mol. The van der Waals surface area contributed by atoms with Gasteiger partial charge in [-0.2, -0.15) is 0 Å². The molecule has 1 saturated heterocycles. The minimum Gasteiger partial charge on any atom is -0.292 e. The number of aliphatic imine (C=N–C) groups is 1. The Labute approximate surface area is 178 Å². The van der Waals surface area contributed by atoms with Crippen LogP contribution in [-0.4, -0.2) is 35.2 Å². The van der Waals surface area contributed by atoms with Crippen molar-refractivity contribution in [1.29, 1.82) is 0 Å². The van der Waals surface area contributed by atoms with Crippen LogP contribution in [0, 0.1) is 6.92 Å². The number of likely N-dealkylation sites (tertiary alicyclic amines) is 1. The summed E-state index contributed by atoms with van der Waals surface area (Å²) < 4.78 is 0. The van der Waals surface area contributed by atoms with Gasteiger partial charge in [-0.15, -0.1) is 0 Å². The Morgan fingerprint density at radius 3 is 2.48 bits per heavy atom. The second-order valence-corrected chi connectivity index (χ2v) is 8.10. The summed E-state index contributed by atoms with van der Waals surface area (Å²) in [6, 6.07) is 23.6. The van der Waals surface area contributed by atoms with Crippen LogP contribution < -0.4 is 0 Å². The van der Waals surface area contributed by atoms with Crippen LogP contribution in [0.1, 0.15) is 41.3 Å². The molecule has 0 bridgehead atoms. The fraction of sp³-hybridized carbons (Fsp3) is 0.280. The van der Waals surface area contributed by atoms with E-state index >= 15 is 0 Å². The highest BCUT2D eigenvalue weighted by atomic mass is 35.5. The lowest BCUT2D eigenvalue weighted by Crippen LogP contribution is -2.38. The molecule has 1 unspecified atom stereocenters. The highest BCUT2D eigenvalue weighted by molar-refractivity contribution is 6.30. The van der Waals surface area contributed by atoms with E-state index in [9.17, 15) is 0 Å². The maximum absolute atomic E-state index is 6.32. The third-order valence-corrected chi connectivity index (χ3v) is 5.76. The summed E-state index contributed by atoms with van der Waals surface area (Å²) in [5.74, 6) is 0. The lowest BCUT2D eigenvalue weighted by atomic mass is 9.93. The first kappa shape index (κ1) is 19.8. The van der Waals surface area contributed by atoms with E-state index < -0.39 is 0 Å². The molecule has 4 heteroatoms. The topological polar surface area (TPSA) is 28.5 Å². The summed E-state index contributed by atoms with van der Waals surface area (Å²) in [4.78, 5) is 11.7. The number of rotatable bonds is 5. The van der Waals surface area contributed by atoms with E-state index in [1.807, 2.05) is 36.5 Å². The summed E-state index contributed by atoms with van der Waals surface area (Å²) in [5.41, 5.74) is 4.76. The number of nitrogens with zero attached hydrogens (tertiary/aromatic N) is 3. The molecule has 1 aliphatic heterocycles. The van der Waals surface area contributed by atoms with Crippen molar-refractivity contribution in [2.24, 2.45) is 4.99 Å². The Morgan fingerprint density at radius 1 is 1.00 bits per heavy atom. The van der Waals surface area contributed by atoms with Crippen molar-refractivity contribution in [2.75, 3.05) is 13.1 Å². The molecule has 2 heterocycles. The monoisotopic (exact) mass is 403 g/mol. The molecule has 0 spiro atoms. The number of hydrogen-bond acceptors (Lipinski definition) is 3. The highest BCUT2D eigenvalue weighted by Gasteiger charge is 2.27. The van der Waals surface area contributed by atoms with Gasteiger partial charge in [-0.1, -0.05) is 59.6 Å². The number of halogens is 1. The van der Waals surface area contributed by atoms with Gasteiger partial charge in [0.25, 0.3) is 0 Å². The molecule has 0 saturated carbocycles. The molecule has 1 atom stereocenters. The number of piperidine rings is 1. The molecule has 4 rings (SSSR count). The fourth-order valence-electron chi connectivity index (χ4n) is 3.97. The lowest BCUT2D eigenvalue weighted by molar-refractivity contribution is 0.175. The molecule has 0 amide bonds. The van der Waals surface area contributed by atoms with E-state index in [1.165, 1.54) is 16.7 Å². The van der Waals surface area contributed by atoms with Gasteiger partial charge in [-0.25, -0.2) is 0 Å². The summed E-state index contributed by atoms with van der Waals surface area (Å²) in [7, 11) is 0. The van der Waals surface area contributed by atoms with E-state index in [0.29, 0.717) is 6.04 Å². The van der Waals surface area contributed by atoms with Crippen molar-refractivity contribution in [3.05, 3.63) is 100 Å². The summed E-state index contributed by atoms with van der Waals surface area (Å²) in [5, 5.41) is 0.787. The van der Waals surface area contributed by atoms with Crippen molar-refractivity contribution in [3.8, 4) is 0 Å². The van der Waals surface area contributed by atoms with Crippen LogP contribution in [0.15, 0.2) is 77.9 Å². The first-order chi connectivity index (χ1) is 14.2. The van der Waals surface area contributed by atoms with Crippen LogP contribution in [0.5, 0.6) is 0 Å². The molecular formula is C25H26ClN3. The largest absolute Gasteiger partial charge is 0.292 e. The van der Waals surface area contributed by atoms with Crippen LogP contribution in [0.25, 0.3) is 0 Å². The number of benzene rings is 2. The zero-order chi connectivity index (χ0) is 20.1.